The topological polar surface area (TPSA) is 41.5 Å². The number of aliphatic hydroxyl groups is 1. The van der Waals surface area contributed by atoms with Crippen molar-refractivity contribution in [2.45, 2.75) is 19.1 Å². The van der Waals surface area contributed by atoms with Crippen molar-refractivity contribution in [3.63, 3.8) is 0 Å². The van der Waals surface area contributed by atoms with Gasteiger partial charge in [0.05, 0.1) is 12.7 Å². The second kappa shape index (κ2) is 7.55. The fraction of sp³-hybridized carbons (Fsp3) is 0.375. The monoisotopic (exact) mass is 291 g/mol. The molecule has 0 saturated carbocycles. The summed E-state index contributed by atoms with van der Waals surface area (Å²) in [5.74, 6) is 0. The molecule has 0 aliphatic rings. The van der Waals surface area contributed by atoms with E-state index >= 15 is 0 Å². The largest absolute Gasteiger partial charge is 0.389 e. The second-order valence-electron chi connectivity index (χ2n) is 4.84. The zero-order valence-electron chi connectivity index (χ0n) is 11.9. The first kappa shape index (κ1) is 15.2. The summed E-state index contributed by atoms with van der Waals surface area (Å²) < 4.78 is 4.91. The predicted molar refractivity (Wildman–Crippen MR) is 84.1 cm³/mol. The lowest BCUT2D eigenvalue weighted by atomic mass is 10.1. The Kier molecular flexibility index (Phi) is 5.73. The molecule has 0 spiro atoms. The van der Waals surface area contributed by atoms with Crippen molar-refractivity contribution in [3.05, 3.63) is 47.3 Å². The Bertz CT molecular complexity index is 496. The average Bonchev–Trinajstić information content (AvgIpc) is 2.99. The Morgan fingerprint density at radius 1 is 1.25 bits per heavy atom. The molecule has 1 aromatic carbocycles. The lowest BCUT2D eigenvalue weighted by Crippen LogP contribution is -2.31. The summed E-state index contributed by atoms with van der Waals surface area (Å²) in [5, 5.41) is 15.0. The van der Waals surface area contributed by atoms with Gasteiger partial charge >= 0.3 is 0 Å². The van der Waals surface area contributed by atoms with Crippen LogP contribution < -0.4 is 5.32 Å². The maximum Gasteiger partial charge on any atom is 0.0897 e. The lowest BCUT2D eigenvalue weighted by Gasteiger charge is -2.17. The molecular formula is C16H21NO2S. The smallest absolute Gasteiger partial charge is 0.0897 e. The highest BCUT2D eigenvalue weighted by atomic mass is 32.1. The third-order valence-electron chi connectivity index (χ3n) is 3.24. The van der Waals surface area contributed by atoms with Crippen molar-refractivity contribution in [2.24, 2.45) is 0 Å². The highest BCUT2D eigenvalue weighted by Crippen LogP contribution is 2.25. The minimum absolute atomic E-state index is 0.207. The van der Waals surface area contributed by atoms with E-state index in [1.54, 1.807) is 18.4 Å². The quantitative estimate of drug-likeness (QED) is 0.824. The molecule has 0 saturated heterocycles. The Balaban J connectivity index is 1.92. The van der Waals surface area contributed by atoms with Crippen molar-refractivity contribution in [1.82, 2.24) is 5.32 Å². The van der Waals surface area contributed by atoms with Gasteiger partial charge < -0.3 is 15.2 Å². The summed E-state index contributed by atoms with van der Waals surface area (Å²) >= 11 is 1.75. The molecule has 2 unspecified atom stereocenters. The van der Waals surface area contributed by atoms with Gasteiger partial charge in [0.25, 0.3) is 0 Å². The minimum Gasteiger partial charge on any atom is -0.389 e. The van der Waals surface area contributed by atoms with Crippen LogP contribution in [0.25, 0.3) is 10.4 Å². The van der Waals surface area contributed by atoms with E-state index in [2.05, 4.69) is 54.0 Å². The zero-order valence-corrected chi connectivity index (χ0v) is 12.7. The van der Waals surface area contributed by atoms with Crippen LogP contribution in [-0.4, -0.2) is 31.5 Å². The molecule has 1 heterocycles. The normalized spacial score (nSPS) is 14.2. The minimum atomic E-state index is -0.465. The molecule has 2 N–H and O–H groups in total. The molecule has 2 atom stereocenters. The number of hydrogen-bond acceptors (Lipinski definition) is 4. The van der Waals surface area contributed by atoms with Gasteiger partial charge in [0.1, 0.15) is 0 Å². The summed E-state index contributed by atoms with van der Waals surface area (Å²) in [7, 11) is 1.59. The molecule has 0 aliphatic heterocycles. The number of nitrogens with one attached hydrogen (secondary N) is 1. The van der Waals surface area contributed by atoms with Crippen molar-refractivity contribution < 1.29 is 9.84 Å². The van der Waals surface area contributed by atoms with Gasteiger partial charge in [-0.1, -0.05) is 30.3 Å². The van der Waals surface area contributed by atoms with Gasteiger partial charge in [0, 0.05) is 24.6 Å². The number of methoxy groups -OCH3 is 1. The molecule has 2 aromatic rings. The van der Waals surface area contributed by atoms with Crippen LogP contribution in [0.4, 0.5) is 0 Å². The van der Waals surface area contributed by atoms with Crippen LogP contribution in [0.15, 0.2) is 41.8 Å². The van der Waals surface area contributed by atoms with E-state index in [0.29, 0.717) is 13.2 Å². The fourth-order valence-corrected chi connectivity index (χ4v) is 2.79. The molecule has 108 valence electrons. The number of aliphatic hydroxyl groups excluding tert-OH is 1. The van der Waals surface area contributed by atoms with E-state index in [9.17, 15) is 5.11 Å². The van der Waals surface area contributed by atoms with E-state index < -0.39 is 6.10 Å². The summed E-state index contributed by atoms with van der Waals surface area (Å²) in [6.45, 7) is 2.98. The standard InChI is InChI=1S/C16H21NO2S/c1-12(17-10-15(18)11-19-2)13-5-7-14(8-6-13)16-4-3-9-20-16/h3-9,12,15,17-18H,10-11H2,1-2H3. The van der Waals surface area contributed by atoms with E-state index in [1.165, 1.54) is 16.0 Å². The molecule has 2 rings (SSSR count). The predicted octanol–water partition coefficient (Wildman–Crippen LogP) is 3.07. The second-order valence-corrected chi connectivity index (χ2v) is 5.79. The maximum atomic E-state index is 9.63. The van der Waals surface area contributed by atoms with Gasteiger partial charge in [-0.25, -0.2) is 0 Å². The van der Waals surface area contributed by atoms with Crippen LogP contribution in [0, 0.1) is 0 Å². The van der Waals surface area contributed by atoms with Crippen LogP contribution in [0.5, 0.6) is 0 Å². The zero-order chi connectivity index (χ0) is 14.4. The van der Waals surface area contributed by atoms with Gasteiger partial charge in [-0.05, 0) is 29.5 Å². The van der Waals surface area contributed by atoms with E-state index in [-0.39, 0.29) is 6.04 Å². The van der Waals surface area contributed by atoms with E-state index in [0.717, 1.165) is 0 Å². The van der Waals surface area contributed by atoms with Crippen LogP contribution in [-0.2, 0) is 4.74 Å². The molecular weight excluding hydrogens is 270 g/mol. The number of benzene rings is 1. The summed E-state index contributed by atoms with van der Waals surface area (Å²) in [4.78, 5) is 1.28. The molecule has 3 nitrogen and oxygen atoms in total. The number of hydrogen-bond donors (Lipinski definition) is 2. The van der Waals surface area contributed by atoms with Crippen molar-refractivity contribution in [3.8, 4) is 10.4 Å². The number of rotatable bonds is 7. The Labute approximate surface area is 124 Å². The van der Waals surface area contributed by atoms with Crippen LogP contribution in [0.2, 0.25) is 0 Å². The highest BCUT2D eigenvalue weighted by molar-refractivity contribution is 7.13. The van der Waals surface area contributed by atoms with Crippen LogP contribution in [0.3, 0.4) is 0 Å². The molecule has 0 bridgehead atoms. The van der Waals surface area contributed by atoms with Gasteiger partial charge in [0.2, 0.25) is 0 Å². The number of thiophene rings is 1. The summed E-state index contributed by atoms with van der Waals surface area (Å²) in [6.07, 6.45) is -0.465. The average molecular weight is 291 g/mol. The molecule has 20 heavy (non-hydrogen) atoms. The number of ether oxygens (including phenoxy) is 1. The van der Waals surface area contributed by atoms with Crippen LogP contribution in [0.1, 0.15) is 18.5 Å². The SMILES string of the molecule is COCC(O)CNC(C)c1ccc(-c2cccs2)cc1. The first-order valence-electron chi connectivity index (χ1n) is 6.75. The van der Waals surface area contributed by atoms with Gasteiger partial charge in [0.15, 0.2) is 0 Å². The first-order chi connectivity index (χ1) is 9.70. The van der Waals surface area contributed by atoms with Gasteiger partial charge in [-0.2, -0.15) is 0 Å². The third kappa shape index (κ3) is 4.15. The van der Waals surface area contributed by atoms with Crippen molar-refractivity contribution in [1.29, 1.82) is 0 Å². The highest BCUT2D eigenvalue weighted by Gasteiger charge is 2.09. The fourth-order valence-electron chi connectivity index (χ4n) is 2.06. The first-order valence-corrected chi connectivity index (χ1v) is 7.63. The molecule has 0 radical (unpaired) electrons. The lowest BCUT2D eigenvalue weighted by molar-refractivity contribution is 0.0630. The summed E-state index contributed by atoms with van der Waals surface area (Å²) in [6, 6.07) is 13.0. The summed E-state index contributed by atoms with van der Waals surface area (Å²) in [5.41, 5.74) is 2.46. The third-order valence-corrected chi connectivity index (χ3v) is 4.15. The Morgan fingerprint density at radius 2 is 2.00 bits per heavy atom. The van der Waals surface area contributed by atoms with E-state index in [4.69, 9.17) is 4.74 Å². The molecule has 0 fully saturated rings. The maximum absolute atomic E-state index is 9.63. The van der Waals surface area contributed by atoms with Crippen molar-refractivity contribution >= 4 is 11.3 Å². The molecule has 4 heteroatoms. The molecule has 0 amide bonds. The van der Waals surface area contributed by atoms with Gasteiger partial charge in [-0.3, -0.25) is 0 Å². The molecule has 1 aromatic heterocycles. The Hall–Kier alpha value is -1.20. The van der Waals surface area contributed by atoms with Crippen molar-refractivity contribution in [2.75, 3.05) is 20.3 Å². The van der Waals surface area contributed by atoms with Gasteiger partial charge in [-0.15, -0.1) is 11.3 Å². The molecule has 0 aliphatic carbocycles. The Morgan fingerprint density at radius 3 is 2.60 bits per heavy atom. The van der Waals surface area contributed by atoms with Crippen LogP contribution >= 0.6 is 11.3 Å². The van der Waals surface area contributed by atoms with E-state index in [1.807, 2.05) is 0 Å².